The smallest absolute Gasteiger partial charge is 0.357 e. The summed E-state index contributed by atoms with van der Waals surface area (Å²) in [7, 11) is 0. The van der Waals surface area contributed by atoms with E-state index in [0.717, 1.165) is 0 Å². The zero-order valence-corrected chi connectivity index (χ0v) is 13.6. The highest BCUT2D eigenvalue weighted by atomic mass is 32.2. The van der Waals surface area contributed by atoms with Crippen molar-refractivity contribution in [2.45, 2.75) is 32.8 Å². The van der Waals surface area contributed by atoms with Crippen molar-refractivity contribution >= 4 is 23.7 Å². The van der Waals surface area contributed by atoms with E-state index in [1.54, 1.807) is 32.9 Å². The molecule has 1 heterocycles. The molecule has 0 aliphatic rings. The Bertz CT molecular complexity index is 511. The van der Waals surface area contributed by atoms with Gasteiger partial charge in [-0.1, -0.05) is 6.07 Å². The van der Waals surface area contributed by atoms with Crippen molar-refractivity contribution in [3.05, 3.63) is 29.6 Å². The molecule has 6 heteroatoms. The van der Waals surface area contributed by atoms with Gasteiger partial charge in [-0.3, -0.25) is 4.79 Å². The number of ether oxygens (including phenoxy) is 1. The van der Waals surface area contributed by atoms with Gasteiger partial charge >= 0.3 is 11.9 Å². The third-order valence-corrected chi connectivity index (χ3v) is 3.40. The van der Waals surface area contributed by atoms with Crippen LogP contribution in [0.15, 0.2) is 18.3 Å². The molecule has 0 bridgehead atoms. The molecule has 0 unspecified atom stereocenters. The fraction of sp³-hybridized carbons (Fsp3) is 0.533. The molecule has 1 aromatic heterocycles. The molecule has 0 aliphatic carbocycles. The lowest BCUT2D eigenvalue weighted by atomic mass is 9.99. The van der Waals surface area contributed by atoms with E-state index >= 15 is 0 Å². The van der Waals surface area contributed by atoms with Crippen LogP contribution < -0.4 is 0 Å². The standard InChI is InChI=1S/C15H21NO4S/c1-15(2,3)20-14(19)12-10(6-5-7-16-12)8-11(9-21-4)13(17)18/h5-7,11H,8-9H2,1-4H3,(H,17,18)/t11-/m1/s1. The first-order valence-electron chi connectivity index (χ1n) is 6.63. The molecular weight excluding hydrogens is 290 g/mol. The van der Waals surface area contributed by atoms with Gasteiger partial charge in [-0.05, 0) is 45.1 Å². The zero-order valence-electron chi connectivity index (χ0n) is 12.8. The highest BCUT2D eigenvalue weighted by molar-refractivity contribution is 7.98. The number of rotatable bonds is 6. The zero-order chi connectivity index (χ0) is 16.0. The van der Waals surface area contributed by atoms with Crippen molar-refractivity contribution < 1.29 is 19.4 Å². The number of carboxylic acids is 1. The van der Waals surface area contributed by atoms with Crippen LogP contribution in [0.25, 0.3) is 0 Å². The first kappa shape index (κ1) is 17.5. The maximum absolute atomic E-state index is 12.2. The highest BCUT2D eigenvalue weighted by Crippen LogP contribution is 2.18. The largest absolute Gasteiger partial charge is 0.481 e. The van der Waals surface area contributed by atoms with Crippen LogP contribution in [0, 0.1) is 5.92 Å². The van der Waals surface area contributed by atoms with Crippen molar-refractivity contribution in [1.29, 1.82) is 0 Å². The first-order valence-corrected chi connectivity index (χ1v) is 8.03. The lowest BCUT2D eigenvalue weighted by Crippen LogP contribution is -2.26. The molecule has 0 fully saturated rings. The summed E-state index contributed by atoms with van der Waals surface area (Å²) >= 11 is 1.46. The maximum atomic E-state index is 12.2. The number of pyridine rings is 1. The Labute approximate surface area is 129 Å². The van der Waals surface area contributed by atoms with Crippen molar-refractivity contribution in [1.82, 2.24) is 4.98 Å². The predicted octanol–water partition coefficient (Wildman–Crippen LogP) is 2.64. The summed E-state index contributed by atoms with van der Waals surface area (Å²) in [4.78, 5) is 27.5. The Hall–Kier alpha value is -1.56. The summed E-state index contributed by atoms with van der Waals surface area (Å²) in [6.07, 6.45) is 3.62. The van der Waals surface area contributed by atoms with Crippen molar-refractivity contribution in [3.8, 4) is 0 Å². The predicted molar refractivity (Wildman–Crippen MR) is 82.6 cm³/mol. The Morgan fingerprint density at radius 1 is 1.43 bits per heavy atom. The van der Waals surface area contributed by atoms with Gasteiger partial charge in [0.25, 0.3) is 0 Å². The van der Waals surface area contributed by atoms with Gasteiger partial charge in [0.1, 0.15) is 5.60 Å². The average Bonchev–Trinajstić information content (AvgIpc) is 2.36. The van der Waals surface area contributed by atoms with E-state index in [-0.39, 0.29) is 12.1 Å². The maximum Gasteiger partial charge on any atom is 0.357 e. The molecule has 0 radical (unpaired) electrons. The summed E-state index contributed by atoms with van der Waals surface area (Å²) in [5, 5.41) is 9.23. The number of carboxylic acid groups (broad SMARTS) is 1. The molecule has 1 atom stereocenters. The lowest BCUT2D eigenvalue weighted by Gasteiger charge is -2.20. The minimum Gasteiger partial charge on any atom is -0.481 e. The van der Waals surface area contributed by atoms with Gasteiger partial charge in [0.15, 0.2) is 5.69 Å². The number of carbonyl (C=O) groups is 2. The normalized spacial score (nSPS) is 12.8. The van der Waals surface area contributed by atoms with Crippen molar-refractivity contribution in [3.63, 3.8) is 0 Å². The highest BCUT2D eigenvalue weighted by Gasteiger charge is 2.24. The number of hydrogen-bond acceptors (Lipinski definition) is 5. The van der Waals surface area contributed by atoms with Crippen LogP contribution in [0.5, 0.6) is 0 Å². The summed E-state index contributed by atoms with van der Waals surface area (Å²) in [6, 6.07) is 3.42. The monoisotopic (exact) mass is 311 g/mol. The number of hydrogen-bond donors (Lipinski definition) is 1. The topological polar surface area (TPSA) is 76.5 Å². The number of aliphatic carboxylic acids is 1. The molecule has 116 valence electrons. The number of thioether (sulfide) groups is 1. The van der Waals surface area contributed by atoms with Gasteiger partial charge in [0, 0.05) is 11.9 Å². The minimum atomic E-state index is -0.872. The average molecular weight is 311 g/mol. The first-order chi connectivity index (χ1) is 9.74. The Morgan fingerprint density at radius 3 is 2.62 bits per heavy atom. The van der Waals surface area contributed by atoms with Crippen molar-refractivity contribution in [2.75, 3.05) is 12.0 Å². The Balaban J connectivity index is 2.98. The summed E-state index contributed by atoms with van der Waals surface area (Å²) in [5.41, 5.74) is 0.185. The molecule has 0 aliphatic heterocycles. The lowest BCUT2D eigenvalue weighted by molar-refractivity contribution is -0.140. The number of aromatic nitrogens is 1. The number of nitrogens with zero attached hydrogens (tertiary/aromatic N) is 1. The molecule has 1 aromatic rings. The van der Waals surface area contributed by atoms with Crippen LogP contribution in [0.4, 0.5) is 0 Å². The van der Waals surface area contributed by atoms with E-state index in [2.05, 4.69) is 4.98 Å². The number of carbonyl (C=O) groups excluding carboxylic acids is 1. The van der Waals surface area contributed by atoms with Crippen LogP contribution in [-0.2, 0) is 16.0 Å². The third-order valence-electron chi connectivity index (χ3n) is 2.67. The van der Waals surface area contributed by atoms with E-state index in [0.29, 0.717) is 11.3 Å². The second-order valence-corrected chi connectivity index (χ2v) is 6.62. The van der Waals surface area contributed by atoms with E-state index in [9.17, 15) is 14.7 Å². The second-order valence-electron chi connectivity index (χ2n) is 5.71. The quantitative estimate of drug-likeness (QED) is 0.814. The molecule has 0 aromatic carbocycles. The minimum absolute atomic E-state index is 0.194. The van der Waals surface area contributed by atoms with E-state index < -0.39 is 23.5 Å². The molecule has 1 N–H and O–H groups in total. The molecule has 21 heavy (non-hydrogen) atoms. The Kier molecular flexibility index (Phi) is 6.20. The van der Waals surface area contributed by atoms with Crippen molar-refractivity contribution in [2.24, 2.45) is 5.92 Å². The van der Waals surface area contributed by atoms with E-state index in [1.165, 1.54) is 18.0 Å². The van der Waals surface area contributed by atoms with Crippen LogP contribution in [0.1, 0.15) is 36.8 Å². The van der Waals surface area contributed by atoms with Crippen LogP contribution in [-0.4, -0.2) is 39.6 Å². The SMILES string of the molecule is CSC[C@@H](Cc1cccnc1C(=O)OC(C)(C)C)C(=O)O. The molecule has 0 amide bonds. The molecule has 5 nitrogen and oxygen atoms in total. The molecule has 0 saturated heterocycles. The summed E-state index contributed by atoms with van der Waals surface area (Å²) < 4.78 is 5.31. The van der Waals surface area contributed by atoms with Gasteiger partial charge < -0.3 is 9.84 Å². The second kappa shape index (κ2) is 7.45. The van der Waals surface area contributed by atoms with Crippen LogP contribution in [0.3, 0.4) is 0 Å². The fourth-order valence-electron chi connectivity index (χ4n) is 1.80. The number of esters is 1. The molecule has 0 spiro atoms. The molecule has 0 saturated carbocycles. The van der Waals surface area contributed by atoms with Gasteiger partial charge in [0.2, 0.25) is 0 Å². The van der Waals surface area contributed by atoms with E-state index in [4.69, 9.17) is 4.74 Å². The van der Waals surface area contributed by atoms with Crippen LogP contribution in [0.2, 0.25) is 0 Å². The van der Waals surface area contributed by atoms with Gasteiger partial charge in [-0.25, -0.2) is 9.78 Å². The van der Waals surface area contributed by atoms with Gasteiger partial charge in [0.05, 0.1) is 5.92 Å². The van der Waals surface area contributed by atoms with Gasteiger partial charge in [-0.15, -0.1) is 0 Å². The fourth-order valence-corrected chi connectivity index (χ4v) is 2.46. The summed E-state index contributed by atoms with van der Waals surface area (Å²) in [5.74, 6) is -1.46. The van der Waals surface area contributed by atoms with E-state index in [1.807, 2.05) is 6.26 Å². The Morgan fingerprint density at radius 2 is 2.10 bits per heavy atom. The summed E-state index contributed by atoms with van der Waals surface area (Å²) in [6.45, 7) is 5.34. The molecular formula is C15H21NO4S. The van der Waals surface area contributed by atoms with Gasteiger partial charge in [-0.2, -0.15) is 11.8 Å². The van der Waals surface area contributed by atoms with Crippen LogP contribution >= 0.6 is 11.8 Å². The third kappa shape index (κ3) is 5.75. The molecule has 1 rings (SSSR count).